The number of rotatable bonds is 1. The molecule has 0 atom stereocenters. The molecule has 0 aliphatic carbocycles. The Balaban J connectivity index is 2.88. The van der Waals surface area contributed by atoms with Crippen molar-refractivity contribution in [2.24, 2.45) is 0 Å². The molecular weight excluding hydrogens is 172 g/mol. The third-order valence-electron chi connectivity index (χ3n) is 1.78. The Bertz CT molecular complexity index is 476. The van der Waals surface area contributed by atoms with Gasteiger partial charge in [0.1, 0.15) is 11.0 Å². The molecule has 66 valence electrons. The van der Waals surface area contributed by atoms with Crippen LogP contribution in [0.15, 0.2) is 18.5 Å². The summed E-state index contributed by atoms with van der Waals surface area (Å²) < 4.78 is 0. The van der Waals surface area contributed by atoms with Gasteiger partial charge in [0.2, 0.25) is 0 Å². The number of nitrogens with two attached hydrogens (primary N) is 1. The number of nitrogens with one attached hydrogen (secondary N) is 1. The molecule has 13 heavy (non-hydrogen) atoms. The lowest BCUT2D eigenvalue weighted by molar-refractivity contribution is -0.383. The first-order chi connectivity index (χ1) is 6.20. The summed E-state index contributed by atoms with van der Waals surface area (Å²) in [5, 5.41) is 10.9. The molecule has 0 aliphatic heterocycles. The number of nitrogens with zero attached hydrogens (tertiary/aromatic N) is 2. The molecule has 2 aromatic rings. The van der Waals surface area contributed by atoms with Gasteiger partial charge in [0.25, 0.3) is 5.69 Å². The molecule has 0 bridgehead atoms. The number of aromatic nitrogens is 2. The molecule has 6 nitrogen and oxygen atoms in total. The lowest BCUT2D eigenvalue weighted by atomic mass is 10.2. The number of nitrogen functional groups attached to an aromatic ring is 1. The number of H-pyrrole nitrogens is 1. The van der Waals surface area contributed by atoms with E-state index in [2.05, 4.69) is 9.97 Å². The largest absolute Gasteiger partial charge is 0.397 e. The molecule has 0 saturated heterocycles. The third kappa shape index (κ3) is 0.994. The molecule has 0 radical (unpaired) electrons. The zero-order valence-electron chi connectivity index (χ0n) is 6.52. The average molecular weight is 178 g/mol. The highest BCUT2D eigenvalue weighted by Gasteiger charge is 2.15. The summed E-state index contributed by atoms with van der Waals surface area (Å²) in [4.78, 5) is 16.7. The van der Waals surface area contributed by atoms with Crippen LogP contribution in [0.25, 0.3) is 11.0 Å². The minimum absolute atomic E-state index is 0.0243. The summed E-state index contributed by atoms with van der Waals surface area (Å²) in [6, 6.07) is 1.33. The van der Waals surface area contributed by atoms with Crippen LogP contribution in [0.1, 0.15) is 0 Å². The molecule has 2 heterocycles. The fraction of sp³-hybridized carbons (Fsp3) is 0. The fourth-order valence-corrected chi connectivity index (χ4v) is 1.22. The third-order valence-corrected chi connectivity index (χ3v) is 1.78. The number of fused-ring (bicyclic) bond motifs is 1. The van der Waals surface area contributed by atoms with Gasteiger partial charge in [0, 0.05) is 18.5 Å². The van der Waals surface area contributed by atoms with Crippen molar-refractivity contribution in [2.45, 2.75) is 0 Å². The predicted molar refractivity (Wildman–Crippen MR) is 47.2 cm³/mol. The highest BCUT2D eigenvalue weighted by Crippen LogP contribution is 2.27. The van der Waals surface area contributed by atoms with Crippen LogP contribution in [0.3, 0.4) is 0 Å². The van der Waals surface area contributed by atoms with Crippen LogP contribution in [-0.4, -0.2) is 14.9 Å². The van der Waals surface area contributed by atoms with E-state index in [-0.39, 0.29) is 5.69 Å². The Kier molecular flexibility index (Phi) is 1.42. The van der Waals surface area contributed by atoms with Gasteiger partial charge in [-0.2, -0.15) is 0 Å². The number of aromatic amines is 1. The first-order valence-electron chi connectivity index (χ1n) is 3.56. The molecule has 0 spiro atoms. The Morgan fingerprint density at radius 1 is 1.62 bits per heavy atom. The Labute approximate surface area is 72.5 Å². The SMILES string of the molecule is Nc1c[nH]c2nccc([N+](=O)[O-])c12. The fourth-order valence-electron chi connectivity index (χ4n) is 1.22. The number of pyridine rings is 1. The molecule has 3 N–H and O–H groups in total. The summed E-state index contributed by atoms with van der Waals surface area (Å²) in [5.74, 6) is 0. The smallest absolute Gasteiger partial charge is 0.284 e. The minimum Gasteiger partial charge on any atom is -0.397 e. The highest BCUT2D eigenvalue weighted by atomic mass is 16.6. The van der Waals surface area contributed by atoms with Crippen molar-refractivity contribution in [3.8, 4) is 0 Å². The minimum atomic E-state index is -0.478. The normalized spacial score (nSPS) is 10.5. The van der Waals surface area contributed by atoms with E-state index in [0.29, 0.717) is 16.7 Å². The second kappa shape index (κ2) is 2.44. The summed E-state index contributed by atoms with van der Waals surface area (Å²) in [6.07, 6.45) is 2.86. The molecule has 0 aromatic carbocycles. The van der Waals surface area contributed by atoms with Crippen molar-refractivity contribution >= 4 is 22.4 Å². The molecule has 0 aliphatic rings. The van der Waals surface area contributed by atoms with Gasteiger partial charge in [-0.3, -0.25) is 10.1 Å². The summed E-state index contributed by atoms with van der Waals surface area (Å²) >= 11 is 0. The van der Waals surface area contributed by atoms with Crippen LogP contribution in [0.2, 0.25) is 0 Å². The molecule has 0 unspecified atom stereocenters. The lowest BCUT2D eigenvalue weighted by Crippen LogP contribution is -1.91. The number of anilines is 1. The second-order valence-electron chi connectivity index (χ2n) is 2.55. The molecule has 2 rings (SSSR count). The van der Waals surface area contributed by atoms with E-state index in [4.69, 9.17) is 5.73 Å². The van der Waals surface area contributed by atoms with Crippen LogP contribution in [0.5, 0.6) is 0 Å². The second-order valence-corrected chi connectivity index (χ2v) is 2.55. The van der Waals surface area contributed by atoms with Gasteiger partial charge >= 0.3 is 0 Å². The molecule has 0 fully saturated rings. The first-order valence-corrected chi connectivity index (χ1v) is 3.56. The van der Waals surface area contributed by atoms with Gasteiger partial charge in [-0.05, 0) is 0 Å². The van der Waals surface area contributed by atoms with Gasteiger partial charge in [0.15, 0.2) is 0 Å². The van der Waals surface area contributed by atoms with Gasteiger partial charge in [0.05, 0.1) is 10.6 Å². The van der Waals surface area contributed by atoms with Gasteiger partial charge in [-0.15, -0.1) is 0 Å². The maximum Gasteiger partial charge on any atom is 0.284 e. The quantitative estimate of drug-likeness (QED) is 0.503. The summed E-state index contributed by atoms with van der Waals surface area (Å²) in [6.45, 7) is 0. The first kappa shape index (κ1) is 7.53. The topological polar surface area (TPSA) is 97.8 Å². The molecular formula is C7H6N4O2. The van der Waals surface area contributed by atoms with Gasteiger partial charge < -0.3 is 10.7 Å². The van der Waals surface area contributed by atoms with Gasteiger partial charge in [-0.1, -0.05) is 0 Å². The average Bonchev–Trinajstić information content (AvgIpc) is 2.48. The van der Waals surface area contributed by atoms with E-state index in [9.17, 15) is 10.1 Å². The van der Waals surface area contributed by atoms with E-state index in [1.165, 1.54) is 18.5 Å². The number of hydrogen-bond donors (Lipinski definition) is 2. The Hall–Kier alpha value is -2.11. The standard InChI is InChI=1S/C7H6N4O2/c8-4-3-10-7-6(4)5(11(12)13)1-2-9-7/h1-3H,8H2,(H,9,10). The van der Waals surface area contributed by atoms with Crippen molar-refractivity contribution in [3.05, 3.63) is 28.6 Å². The Morgan fingerprint density at radius 2 is 2.38 bits per heavy atom. The summed E-state index contributed by atoms with van der Waals surface area (Å²) in [7, 11) is 0. The van der Waals surface area contributed by atoms with E-state index in [0.717, 1.165) is 0 Å². The maximum absolute atomic E-state index is 10.6. The number of nitro groups is 1. The molecule has 2 aromatic heterocycles. The molecule has 6 heteroatoms. The van der Waals surface area contributed by atoms with Crippen LogP contribution in [0.4, 0.5) is 11.4 Å². The lowest BCUT2D eigenvalue weighted by Gasteiger charge is -1.93. The zero-order chi connectivity index (χ0) is 9.42. The predicted octanol–water partition coefficient (Wildman–Crippen LogP) is 1.05. The van der Waals surface area contributed by atoms with E-state index >= 15 is 0 Å². The zero-order valence-corrected chi connectivity index (χ0v) is 6.52. The van der Waals surface area contributed by atoms with Crippen LogP contribution < -0.4 is 5.73 Å². The van der Waals surface area contributed by atoms with Crippen LogP contribution >= 0.6 is 0 Å². The van der Waals surface area contributed by atoms with Crippen molar-refractivity contribution < 1.29 is 4.92 Å². The van der Waals surface area contributed by atoms with Crippen molar-refractivity contribution in [3.63, 3.8) is 0 Å². The van der Waals surface area contributed by atoms with Crippen molar-refractivity contribution in [1.82, 2.24) is 9.97 Å². The Morgan fingerprint density at radius 3 is 3.08 bits per heavy atom. The van der Waals surface area contributed by atoms with Crippen LogP contribution in [0, 0.1) is 10.1 Å². The maximum atomic E-state index is 10.6. The monoisotopic (exact) mass is 178 g/mol. The van der Waals surface area contributed by atoms with Crippen LogP contribution in [-0.2, 0) is 0 Å². The summed E-state index contributed by atoms with van der Waals surface area (Å²) in [5.41, 5.74) is 6.29. The van der Waals surface area contributed by atoms with Crippen molar-refractivity contribution in [2.75, 3.05) is 5.73 Å². The molecule has 0 saturated carbocycles. The van der Waals surface area contributed by atoms with Crippen molar-refractivity contribution in [1.29, 1.82) is 0 Å². The molecule has 0 amide bonds. The van der Waals surface area contributed by atoms with E-state index < -0.39 is 4.92 Å². The van der Waals surface area contributed by atoms with E-state index in [1.54, 1.807) is 0 Å². The van der Waals surface area contributed by atoms with Gasteiger partial charge in [-0.25, -0.2) is 4.98 Å². The van der Waals surface area contributed by atoms with E-state index in [1.807, 2.05) is 0 Å². The number of hydrogen-bond acceptors (Lipinski definition) is 4. The highest BCUT2D eigenvalue weighted by molar-refractivity contribution is 5.96.